The molecule has 1 N–H and O–H groups in total. The van der Waals surface area contributed by atoms with E-state index in [-0.39, 0.29) is 22.8 Å². The fraction of sp³-hybridized carbons (Fsp3) is 0.0667. The first kappa shape index (κ1) is 15.7. The SMILES string of the molecule is O=C(O)c1ccc(OB(F)F)c(C(=O)C=CC2C=CC=C2)c1. The molecule has 0 fully saturated rings. The highest BCUT2D eigenvalue weighted by molar-refractivity contribution is 6.35. The number of rotatable bonds is 6. The van der Waals surface area contributed by atoms with E-state index >= 15 is 0 Å². The number of aromatic carboxylic acids is 1. The van der Waals surface area contributed by atoms with Crippen LogP contribution in [0.1, 0.15) is 20.7 Å². The minimum absolute atomic E-state index is 0.0499. The molecule has 7 heteroatoms. The quantitative estimate of drug-likeness (QED) is 0.498. The predicted molar refractivity (Wildman–Crippen MR) is 77.2 cm³/mol. The van der Waals surface area contributed by atoms with Crippen molar-refractivity contribution < 1.29 is 28.0 Å². The maximum absolute atomic E-state index is 12.4. The first-order chi connectivity index (χ1) is 10.5. The zero-order valence-corrected chi connectivity index (χ0v) is 11.3. The van der Waals surface area contributed by atoms with Gasteiger partial charge in [-0.3, -0.25) is 4.79 Å². The molecule has 0 saturated carbocycles. The molecule has 1 aliphatic carbocycles. The van der Waals surface area contributed by atoms with Crippen LogP contribution in [0.25, 0.3) is 0 Å². The fourth-order valence-corrected chi connectivity index (χ4v) is 1.92. The molecule has 2 rings (SSSR count). The van der Waals surface area contributed by atoms with E-state index in [0.717, 1.165) is 18.2 Å². The second-order valence-corrected chi connectivity index (χ2v) is 4.47. The second-order valence-electron chi connectivity index (χ2n) is 4.47. The summed E-state index contributed by atoms with van der Waals surface area (Å²) in [5.41, 5.74) is -0.401. The fourth-order valence-electron chi connectivity index (χ4n) is 1.92. The molecule has 22 heavy (non-hydrogen) atoms. The second kappa shape index (κ2) is 6.84. The molecule has 0 heterocycles. The number of carbonyl (C=O) groups is 2. The lowest BCUT2D eigenvalue weighted by atomic mass is 10.0. The smallest absolute Gasteiger partial charge is 0.505 e. The molecule has 4 nitrogen and oxygen atoms in total. The van der Waals surface area contributed by atoms with E-state index in [0.29, 0.717) is 0 Å². The van der Waals surface area contributed by atoms with E-state index in [9.17, 15) is 18.2 Å². The summed E-state index contributed by atoms with van der Waals surface area (Å²) in [4.78, 5) is 23.1. The number of ketones is 1. The van der Waals surface area contributed by atoms with Gasteiger partial charge in [0.1, 0.15) is 5.75 Å². The van der Waals surface area contributed by atoms with Crippen molar-refractivity contribution in [3.05, 3.63) is 65.8 Å². The molecule has 1 aromatic rings. The Kier molecular flexibility index (Phi) is 4.88. The Morgan fingerprint density at radius 3 is 2.50 bits per heavy atom. The van der Waals surface area contributed by atoms with E-state index in [1.54, 1.807) is 6.08 Å². The van der Waals surface area contributed by atoms with Gasteiger partial charge in [0.05, 0.1) is 11.1 Å². The Bertz CT molecular complexity index is 668. The first-order valence-electron chi connectivity index (χ1n) is 6.37. The van der Waals surface area contributed by atoms with Crippen molar-refractivity contribution in [2.45, 2.75) is 0 Å². The third-order valence-corrected chi connectivity index (χ3v) is 2.96. The van der Waals surface area contributed by atoms with Crippen LogP contribution in [-0.2, 0) is 0 Å². The molecule has 0 atom stereocenters. The zero-order chi connectivity index (χ0) is 16.1. The lowest BCUT2D eigenvalue weighted by Crippen LogP contribution is -2.12. The van der Waals surface area contributed by atoms with Crippen LogP contribution in [0.5, 0.6) is 5.75 Å². The number of halogens is 2. The third-order valence-electron chi connectivity index (χ3n) is 2.96. The van der Waals surface area contributed by atoms with Gasteiger partial charge in [-0.2, -0.15) is 0 Å². The maximum atomic E-state index is 12.4. The van der Waals surface area contributed by atoms with E-state index < -0.39 is 19.2 Å². The van der Waals surface area contributed by atoms with Gasteiger partial charge in [0.2, 0.25) is 0 Å². The van der Waals surface area contributed by atoms with Gasteiger partial charge >= 0.3 is 13.4 Å². The normalized spacial score (nSPS) is 13.7. The molecule has 0 bridgehead atoms. The van der Waals surface area contributed by atoms with Gasteiger partial charge in [-0.1, -0.05) is 30.4 Å². The summed E-state index contributed by atoms with van der Waals surface area (Å²) in [6.07, 6.45) is 10.1. The van der Waals surface area contributed by atoms with Crippen LogP contribution in [0.4, 0.5) is 8.63 Å². The highest BCUT2D eigenvalue weighted by atomic mass is 19.2. The van der Waals surface area contributed by atoms with Crippen LogP contribution in [-0.4, -0.2) is 24.3 Å². The minimum Gasteiger partial charge on any atom is -0.505 e. The van der Waals surface area contributed by atoms with Crippen LogP contribution in [0.2, 0.25) is 0 Å². The molecule has 0 aliphatic heterocycles. The molecule has 0 aromatic heterocycles. The van der Waals surface area contributed by atoms with Crippen molar-refractivity contribution in [2.75, 3.05) is 0 Å². The van der Waals surface area contributed by atoms with Gasteiger partial charge in [-0.15, -0.1) is 0 Å². The lowest BCUT2D eigenvalue weighted by Gasteiger charge is -2.08. The van der Waals surface area contributed by atoms with Crippen molar-refractivity contribution in [3.8, 4) is 5.75 Å². The minimum atomic E-state index is -3.10. The average molecular weight is 304 g/mol. The number of hydrogen-bond acceptors (Lipinski definition) is 3. The monoisotopic (exact) mass is 304 g/mol. The molecule has 112 valence electrons. The summed E-state index contributed by atoms with van der Waals surface area (Å²) in [6, 6.07) is 3.17. The highest BCUT2D eigenvalue weighted by Gasteiger charge is 2.22. The Hall–Kier alpha value is -2.70. The van der Waals surface area contributed by atoms with Crippen LogP contribution < -0.4 is 4.65 Å². The van der Waals surface area contributed by atoms with E-state index in [1.165, 1.54) is 6.08 Å². The van der Waals surface area contributed by atoms with Gasteiger partial charge in [0, 0.05) is 5.92 Å². The average Bonchev–Trinajstić information content (AvgIpc) is 2.97. The summed E-state index contributed by atoms with van der Waals surface area (Å²) in [6.45, 7) is 0. The van der Waals surface area contributed by atoms with Crippen LogP contribution in [0.15, 0.2) is 54.7 Å². The number of carbonyl (C=O) groups excluding carboxylic acids is 1. The topological polar surface area (TPSA) is 63.6 Å². The van der Waals surface area contributed by atoms with Crippen molar-refractivity contribution in [3.63, 3.8) is 0 Å². The molecule has 1 aliphatic rings. The predicted octanol–water partition coefficient (Wildman–Crippen LogP) is 3.17. The Labute approximate surface area is 125 Å². The highest BCUT2D eigenvalue weighted by Crippen LogP contribution is 2.23. The Morgan fingerprint density at radius 2 is 1.91 bits per heavy atom. The van der Waals surface area contributed by atoms with Crippen molar-refractivity contribution in [1.82, 2.24) is 0 Å². The van der Waals surface area contributed by atoms with E-state index in [2.05, 4.69) is 4.65 Å². The van der Waals surface area contributed by atoms with Crippen molar-refractivity contribution in [1.29, 1.82) is 0 Å². The van der Waals surface area contributed by atoms with Gasteiger partial charge in [0.25, 0.3) is 0 Å². The summed E-state index contributed by atoms with van der Waals surface area (Å²) in [5, 5.41) is 8.93. The van der Waals surface area contributed by atoms with Crippen molar-refractivity contribution >= 4 is 19.2 Å². The number of allylic oxidation sites excluding steroid dienone is 6. The van der Waals surface area contributed by atoms with Crippen molar-refractivity contribution in [2.24, 2.45) is 5.92 Å². The molecule has 0 unspecified atom stereocenters. The molecule has 0 amide bonds. The molecule has 0 spiro atoms. The number of benzene rings is 1. The molecular formula is C15H11BF2O4. The van der Waals surface area contributed by atoms with Crippen LogP contribution in [0.3, 0.4) is 0 Å². The van der Waals surface area contributed by atoms with Crippen LogP contribution in [0, 0.1) is 5.92 Å². The number of hydrogen-bond donors (Lipinski definition) is 1. The molecular weight excluding hydrogens is 293 g/mol. The third kappa shape index (κ3) is 3.91. The maximum Gasteiger partial charge on any atom is 0.796 e. The Morgan fingerprint density at radius 1 is 1.23 bits per heavy atom. The summed E-state index contributed by atoms with van der Waals surface area (Å²) in [5.74, 6) is -2.27. The van der Waals surface area contributed by atoms with E-state index in [1.807, 2.05) is 24.3 Å². The van der Waals surface area contributed by atoms with E-state index in [4.69, 9.17) is 5.11 Å². The summed E-state index contributed by atoms with van der Waals surface area (Å²) in [7, 11) is -3.10. The van der Waals surface area contributed by atoms with Gasteiger partial charge < -0.3 is 9.76 Å². The lowest BCUT2D eigenvalue weighted by molar-refractivity contribution is 0.0697. The summed E-state index contributed by atoms with van der Waals surface area (Å²) >= 11 is 0. The van der Waals surface area contributed by atoms with Gasteiger partial charge in [-0.25, -0.2) is 13.4 Å². The number of carboxylic acids is 1. The Balaban J connectivity index is 2.30. The first-order valence-corrected chi connectivity index (χ1v) is 6.37. The van der Waals surface area contributed by atoms with Gasteiger partial charge in [-0.05, 0) is 24.3 Å². The zero-order valence-electron chi connectivity index (χ0n) is 11.3. The van der Waals surface area contributed by atoms with Gasteiger partial charge in [0.15, 0.2) is 5.78 Å². The number of carboxylic acid groups (broad SMARTS) is 1. The largest absolute Gasteiger partial charge is 0.796 e. The standard InChI is InChI=1S/C15H11BF2O4/c17-16(18)22-14-8-6-11(15(20)21)9-12(14)13(19)7-5-10-3-1-2-4-10/h1-10H,(H,20,21). The molecule has 0 radical (unpaired) electrons. The molecule has 0 saturated heterocycles. The molecule has 1 aromatic carbocycles. The summed E-state index contributed by atoms with van der Waals surface area (Å²) < 4.78 is 29.0. The van der Waals surface area contributed by atoms with Crippen LogP contribution >= 0.6 is 0 Å².